The van der Waals surface area contributed by atoms with Crippen LogP contribution >= 0.6 is 0 Å². The molecule has 3 N–H and O–H groups in total. The number of ether oxygens (including phenoxy) is 3. The molecule has 0 fully saturated rings. The molecule has 7 nitrogen and oxygen atoms in total. The number of hydrogen-bond acceptors (Lipinski definition) is 5. The molecule has 0 aliphatic rings. The number of benzene rings is 2. The Balaban J connectivity index is 2.03. The van der Waals surface area contributed by atoms with Gasteiger partial charge < -0.3 is 30.2 Å². The number of aliphatic imine (C=N–C) groups is 1. The van der Waals surface area contributed by atoms with Crippen molar-refractivity contribution in [3.8, 4) is 11.5 Å². The van der Waals surface area contributed by atoms with Crippen molar-refractivity contribution in [2.24, 2.45) is 4.99 Å². The maximum absolute atomic E-state index is 5.65. The number of rotatable bonds is 11. The Hall–Kier alpha value is -2.93. The van der Waals surface area contributed by atoms with E-state index in [9.17, 15) is 0 Å². The van der Waals surface area contributed by atoms with Crippen LogP contribution < -0.4 is 25.4 Å². The van der Waals surface area contributed by atoms with E-state index < -0.39 is 0 Å². The number of anilines is 2. The summed E-state index contributed by atoms with van der Waals surface area (Å²) in [7, 11) is 3.33. The molecule has 2 aromatic carbocycles. The van der Waals surface area contributed by atoms with E-state index in [-0.39, 0.29) is 0 Å². The van der Waals surface area contributed by atoms with Crippen LogP contribution in [0.5, 0.6) is 11.5 Å². The Labute approximate surface area is 173 Å². The molecule has 0 amide bonds. The Morgan fingerprint density at radius 2 is 1.72 bits per heavy atom. The van der Waals surface area contributed by atoms with Crippen LogP contribution in [0.2, 0.25) is 0 Å². The van der Waals surface area contributed by atoms with E-state index >= 15 is 0 Å². The highest BCUT2D eigenvalue weighted by molar-refractivity contribution is 5.93. The third kappa shape index (κ3) is 7.54. The van der Waals surface area contributed by atoms with Gasteiger partial charge in [-0.15, -0.1) is 0 Å². The molecule has 0 saturated heterocycles. The monoisotopic (exact) mass is 400 g/mol. The number of nitrogens with one attached hydrogen (secondary N) is 3. The molecule has 158 valence electrons. The van der Waals surface area contributed by atoms with Crippen molar-refractivity contribution < 1.29 is 14.2 Å². The van der Waals surface area contributed by atoms with Crippen LogP contribution in [0.1, 0.15) is 19.4 Å². The molecule has 0 aliphatic heterocycles. The molecule has 0 radical (unpaired) electrons. The summed E-state index contributed by atoms with van der Waals surface area (Å²) in [6.07, 6.45) is 0. The maximum Gasteiger partial charge on any atom is 0.196 e. The first-order valence-corrected chi connectivity index (χ1v) is 9.88. The minimum atomic E-state index is 0.572. The first-order chi connectivity index (χ1) is 14.2. The average Bonchev–Trinajstić information content (AvgIpc) is 2.74. The number of nitrogens with zero attached hydrogens (tertiary/aromatic N) is 1. The van der Waals surface area contributed by atoms with Gasteiger partial charge in [0.15, 0.2) is 17.5 Å². The summed E-state index contributed by atoms with van der Waals surface area (Å²) in [4.78, 5) is 4.68. The largest absolute Gasteiger partial charge is 0.493 e. The summed E-state index contributed by atoms with van der Waals surface area (Å²) in [5.74, 6) is 2.12. The van der Waals surface area contributed by atoms with Gasteiger partial charge in [-0.2, -0.15) is 0 Å². The number of methoxy groups -OCH3 is 2. The van der Waals surface area contributed by atoms with Crippen molar-refractivity contribution in [3.63, 3.8) is 0 Å². The summed E-state index contributed by atoms with van der Waals surface area (Å²) in [5.41, 5.74) is 3.08. The molecule has 0 saturated carbocycles. The molecular weight excluding hydrogens is 368 g/mol. The number of hydrogen-bond donors (Lipinski definition) is 3. The topological polar surface area (TPSA) is 76.1 Å². The van der Waals surface area contributed by atoms with Crippen LogP contribution in [0.3, 0.4) is 0 Å². The average molecular weight is 401 g/mol. The highest BCUT2D eigenvalue weighted by atomic mass is 16.5. The maximum atomic E-state index is 5.65. The lowest BCUT2D eigenvalue weighted by atomic mass is 10.2. The molecule has 0 atom stereocenters. The normalized spacial score (nSPS) is 11.1. The lowest BCUT2D eigenvalue weighted by Gasteiger charge is -2.14. The smallest absolute Gasteiger partial charge is 0.196 e. The number of guanidine groups is 1. The standard InChI is InChI=1S/C22H32N4O3/c1-5-23-22(26-19-11-12-20(28-4)21(15-19)29-6-2)25-16-17-7-9-18(10-8-17)24-13-14-27-3/h7-12,15,24H,5-6,13-14,16H2,1-4H3,(H2,23,25,26). The zero-order valence-electron chi connectivity index (χ0n) is 17.7. The fourth-order valence-electron chi connectivity index (χ4n) is 2.66. The summed E-state index contributed by atoms with van der Waals surface area (Å²) in [5, 5.41) is 9.90. The predicted octanol–water partition coefficient (Wildman–Crippen LogP) is 3.73. The van der Waals surface area contributed by atoms with Gasteiger partial charge in [0.05, 0.1) is 26.9 Å². The van der Waals surface area contributed by atoms with E-state index in [4.69, 9.17) is 14.2 Å². The second-order valence-corrected chi connectivity index (χ2v) is 6.24. The third-order valence-corrected chi connectivity index (χ3v) is 4.08. The lowest BCUT2D eigenvalue weighted by Crippen LogP contribution is -2.30. The fourth-order valence-corrected chi connectivity index (χ4v) is 2.66. The zero-order valence-corrected chi connectivity index (χ0v) is 17.7. The van der Waals surface area contributed by atoms with Crippen LogP contribution in [0.15, 0.2) is 47.5 Å². The predicted molar refractivity (Wildman–Crippen MR) is 119 cm³/mol. The van der Waals surface area contributed by atoms with Crippen LogP contribution in [0.4, 0.5) is 11.4 Å². The van der Waals surface area contributed by atoms with Gasteiger partial charge in [0.1, 0.15) is 0 Å². The first-order valence-electron chi connectivity index (χ1n) is 9.88. The van der Waals surface area contributed by atoms with Crippen LogP contribution in [0, 0.1) is 0 Å². The zero-order chi connectivity index (χ0) is 20.9. The van der Waals surface area contributed by atoms with Crippen molar-refractivity contribution in [1.29, 1.82) is 0 Å². The van der Waals surface area contributed by atoms with Gasteiger partial charge in [-0.25, -0.2) is 4.99 Å². The highest BCUT2D eigenvalue weighted by Crippen LogP contribution is 2.30. The fraction of sp³-hybridized carbons (Fsp3) is 0.409. The van der Waals surface area contributed by atoms with Gasteiger partial charge in [-0.1, -0.05) is 12.1 Å². The van der Waals surface area contributed by atoms with Gasteiger partial charge in [-0.05, 0) is 43.7 Å². The summed E-state index contributed by atoms with van der Waals surface area (Å²) in [6, 6.07) is 14.0. The summed E-state index contributed by atoms with van der Waals surface area (Å²) < 4.78 is 16.0. The summed E-state index contributed by atoms with van der Waals surface area (Å²) in [6.45, 7) is 7.37. The molecule has 0 bridgehead atoms. The molecule has 2 aromatic rings. The van der Waals surface area contributed by atoms with Gasteiger partial charge in [0.2, 0.25) is 0 Å². The molecule has 0 aliphatic carbocycles. The summed E-state index contributed by atoms with van der Waals surface area (Å²) >= 11 is 0. The van der Waals surface area contributed by atoms with Crippen molar-refractivity contribution in [1.82, 2.24) is 5.32 Å². The highest BCUT2D eigenvalue weighted by Gasteiger charge is 2.07. The first kappa shape index (κ1) is 22.4. The Bertz CT molecular complexity index is 763. The van der Waals surface area contributed by atoms with E-state index in [0.29, 0.717) is 37.2 Å². The van der Waals surface area contributed by atoms with E-state index in [1.165, 1.54) is 0 Å². The van der Waals surface area contributed by atoms with Gasteiger partial charge in [-0.3, -0.25) is 0 Å². The lowest BCUT2D eigenvalue weighted by molar-refractivity contribution is 0.211. The molecule has 0 aromatic heterocycles. The van der Waals surface area contributed by atoms with Crippen molar-refractivity contribution in [2.45, 2.75) is 20.4 Å². The molecule has 29 heavy (non-hydrogen) atoms. The molecule has 2 rings (SSSR count). The van der Waals surface area contributed by atoms with Crippen LogP contribution in [-0.4, -0.2) is 46.5 Å². The van der Waals surface area contributed by atoms with E-state index in [2.05, 4.69) is 45.2 Å². The third-order valence-electron chi connectivity index (χ3n) is 4.08. The molecule has 0 spiro atoms. The van der Waals surface area contributed by atoms with E-state index in [1.54, 1.807) is 14.2 Å². The molecule has 0 heterocycles. The van der Waals surface area contributed by atoms with Gasteiger partial charge >= 0.3 is 0 Å². The van der Waals surface area contributed by atoms with E-state index in [0.717, 1.165) is 30.0 Å². The van der Waals surface area contributed by atoms with Crippen LogP contribution in [0.25, 0.3) is 0 Å². The van der Waals surface area contributed by atoms with Gasteiger partial charge in [0, 0.05) is 37.6 Å². The van der Waals surface area contributed by atoms with Crippen molar-refractivity contribution in [3.05, 3.63) is 48.0 Å². The van der Waals surface area contributed by atoms with Crippen molar-refractivity contribution in [2.75, 3.05) is 51.2 Å². The quantitative estimate of drug-likeness (QED) is 0.303. The SMILES string of the molecule is CCNC(=NCc1ccc(NCCOC)cc1)Nc1ccc(OC)c(OCC)c1. The van der Waals surface area contributed by atoms with Gasteiger partial charge in [0.25, 0.3) is 0 Å². The second kappa shape index (κ2) is 12.5. The second-order valence-electron chi connectivity index (χ2n) is 6.24. The Kier molecular flexibility index (Phi) is 9.65. The minimum Gasteiger partial charge on any atom is -0.493 e. The van der Waals surface area contributed by atoms with E-state index in [1.807, 2.05) is 32.0 Å². The van der Waals surface area contributed by atoms with Crippen LogP contribution in [-0.2, 0) is 11.3 Å². The molecule has 7 heteroatoms. The minimum absolute atomic E-state index is 0.572. The Morgan fingerprint density at radius 1 is 0.966 bits per heavy atom. The Morgan fingerprint density at radius 3 is 2.38 bits per heavy atom. The van der Waals surface area contributed by atoms with Crippen molar-refractivity contribution >= 4 is 17.3 Å². The molecular formula is C22H32N4O3. The molecule has 0 unspecified atom stereocenters.